The smallest absolute Gasteiger partial charge is 0.223 e. The SMILES string of the molecule is O=C(C[C@H]1OCCc2ccccc21)N[C@@H]1CCc2nccn2C1. The summed E-state index contributed by atoms with van der Waals surface area (Å²) in [6.07, 6.45) is 6.88. The Morgan fingerprint density at radius 3 is 3.22 bits per heavy atom. The van der Waals surface area contributed by atoms with Gasteiger partial charge in [-0.2, -0.15) is 0 Å². The molecule has 5 heteroatoms. The van der Waals surface area contributed by atoms with Gasteiger partial charge < -0.3 is 14.6 Å². The molecule has 5 nitrogen and oxygen atoms in total. The molecular formula is C18H21N3O2. The molecule has 4 rings (SSSR count). The van der Waals surface area contributed by atoms with Crippen LogP contribution in [0.25, 0.3) is 0 Å². The molecule has 1 amide bonds. The van der Waals surface area contributed by atoms with Crippen molar-refractivity contribution in [1.82, 2.24) is 14.9 Å². The number of ether oxygens (including phenoxy) is 1. The van der Waals surface area contributed by atoms with Crippen molar-refractivity contribution in [2.75, 3.05) is 6.61 Å². The maximum Gasteiger partial charge on any atom is 0.223 e. The zero-order valence-corrected chi connectivity index (χ0v) is 13.1. The normalized spacial score (nSPS) is 23.0. The van der Waals surface area contributed by atoms with Gasteiger partial charge in [-0.25, -0.2) is 4.98 Å². The summed E-state index contributed by atoms with van der Waals surface area (Å²) in [6.45, 7) is 1.50. The number of hydrogen-bond donors (Lipinski definition) is 1. The summed E-state index contributed by atoms with van der Waals surface area (Å²) in [6, 6.07) is 8.45. The number of nitrogens with zero attached hydrogens (tertiary/aromatic N) is 2. The Morgan fingerprint density at radius 1 is 1.35 bits per heavy atom. The van der Waals surface area contributed by atoms with E-state index in [1.54, 1.807) is 0 Å². The number of imidazole rings is 1. The molecule has 1 aromatic carbocycles. The van der Waals surface area contributed by atoms with Crippen LogP contribution in [-0.4, -0.2) is 28.1 Å². The first-order chi connectivity index (χ1) is 11.3. The molecule has 0 radical (unpaired) electrons. The monoisotopic (exact) mass is 311 g/mol. The van der Waals surface area contributed by atoms with E-state index in [-0.39, 0.29) is 18.1 Å². The Kier molecular flexibility index (Phi) is 3.87. The van der Waals surface area contributed by atoms with Crippen LogP contribution in [0.2, 0.25) is 0 Å². The number of carbonyl (C=O) groups is 1. The van der Waals surface area contributed by atoms with Crippen LogP contribution in [0.4, 0.5) is 0 Å². The summed E-state index contributed by atoms with van der Waals surface area (Å²) in [5.74, 6) is 1.18. The molecule has 0 saturated heterocycles. The van der Waals surface area contributed by atoms with Crippen LogP contribution in [0.5, 0.6) is 0 Å². The lowest BCUT2D eigenvalue weighted by molar-refractivity contribution is -0.125. The van der Waals surface area contributed by atoms with E-state index >= 15 is 0 Å². The Balaban J connectivity index is 1.38. The fourth-order valence-electron chi connectivity index (χ4n) is 3.59. The molecule has 0 saturated carbocycles. The van der Waals surface area contributed by atoms with E-state index in [0.29, 0.717) is 13.0 Å². The third-order valence-electron chi connectivity index (χ3n) is 4.76. The van der Waals surface area contributed by atoms with Gasteiger partial charge in [-0.3, -0.25) is 4.79 Å². The molecule has 0 spiro atoms. The van der Waals surface area contributed by atoms with Crippen molar-refractivity contribution >= 4 is 5.91 Å². The van der Waals surface area contributed by atoms with Crippen LogP contribution >= 0.6 is 0 Å². The topological polar surface area (TPSA) is 56.1 Å². The number of rotatable bonds is 3. The average Bonchev–Trinajstić information content (AvgIpc) is 3.03. The van der Waals surface area contributed by atoms with Crippen LogP contribution in [-0.2, 0) is 28.9 Å². The lowest BCUT2D eigenvalue weighted by atomic mass is 9.95. The summed E-state index contributed by atoms with van der Waals surface area (Å²) >= 11 is 0. The maximum atomic E-state index is 12.4. The second-order valence-corrected chi connectivity index (χ2v) is 6.31. The van der Waals surface area contributed by atoms with E-state index in [0.717, 1.165) is 37.2 Å². The van der Waals surface area contributed by atoms with Gasteiger partial charge in [0.15, 0.2) is 0 Å². The summed E-state index contributed by atoms with van der Waals surface area (Å²) < 4.78 is 7.96. The Morgan fingerprint density at radius 2 is 2.26 bits per heavy atom. The van der Waals surface area contributed by atoms with Crippen LogP contribution in [0, 0.1) is 0 Å². The quantitative estimate of drug-likeness (QED) is 0.943. The fraction of sp³-hybridized carbons (Fsp3) is 0.444. The molecule has 23 heavy (non-hydrogen) atoms. The fourth-order valence-corrected chi connectivity index (χ4v) is 3.59. The molecule has 2 aromatic rings. The van der Waals surface area contributed by atoms with Crippen molar-refractivity contribution in [2.45, 2.75) is 44.4 Å². The minimum atomic E-state index is -0.118. The largest absolute Gasteiger partial charge is 0.373 e. The van der Waals surface area contributed by atoms with Crippen molar-refractivity contribution in [3.8, 4) is 0 Å². The molecule has 120 valence electrons. The first-order valence-corrected chi connectivity index (χ1v) is 8.28. The molecule has 0 fully saturated rings. The van der Waals surface area contributed by atoms with E-state index in [2.05, 4.69) is 27.0 Å². The van der Waals surface area contributed by atoms with Crippen LogP contribution in [0.3, 0.4) is 0 Å². The van der Waals surface area contributed by atoms with Crippen molar-refractivity contribution < 1.29 is 9.53 Å². The average molecular weight is 311 g/mol. The van der Waals surface area contributed by atoms with Gasteiger partial charge in [0.25, 0.3) is 0 Å². The molecule has 3 heterocycles. The molecule has 0 unspecified atom stereocenters. The predicted molar refractivity (Wildman–Crippen MR) is 85.9 cm³/mol. The number of aryl methyl sites for hydroxylation is 1. The standard InChI is InChI=1S/C18H21N3O2/c22-18(20-14-5-6-17-19-8-9-21(17)12-14)11-16-15-4-2-1-3-13(15)7-10-23-16/h1-4,8-9,14,16H,5-7,10-12H2,(H,20,22)/t14-,16-/m1/s1. The van der Waals surface area contributed by atoms with Crippen LogP contribution < -0.4 is 5.32 Å². The summed E-state index contributed by atoms with van der Waals surface area (Å²) in [5, 5.41) is 3.16. The number of amides is 1. The highest BCUT2D eigenvalue weighted by Crippen LogP contribution is 2.29. The van der Waals surface area contributed by atoms with Crippen LogP contribution in [0.15, 0.2) is 36.7 Å². The van der Waals surface area contributed by atoms with E-state index in [9.17, 15) is 4.79 Å². The van der Waals surface area contributed by atoms with E-state index < -0.39 is 0 Å². The number of fused-ring (bicyclic) bond motifs is 2. The van der Waals surface area contributed by atoms with E-state index in [4.69, 9.17) is 4.74 Å². The van der Waals surface area contributed by atoms with Gasteiger partial charge in [0.05, 0.1) is 19.1 Å². The first kappa shape index (κ1) is 14.5. The molecular weight excluding hydrogens is 290 g/mol. The zero-order valence-electron chi connectivity index (χ0n) is 13.1. The number of aromatic nitrogens is 2. The summed E-state index contributed by atoms with van der Waals surface area (Å²) in [5.41, 5.74) is 2.46. The highest BCUT2D eigenvalue weighted by molar-refractivity contribution is 5.77. The number of hydrogen-bond acceptors (Lipinski definition) is 3. The second kappa shape index (κ2) is 6.16. The molecule has 2 atom stereocenters. The predicted octanol–water partition coefficient (Wildman–Crippen LogP) is 2.02. The van der Waals surface area contributed by atoms with E-state index in [1.165, 1.54) is 5.56 Å². The summed E-state index contributed by atoms with van der Waals surface area (Å²) in [4.78, 5) is 16.7. The first-order valence-electron chi connectivity index (χ1n) is 8.28. The Labute approximate surface area is 135 Å². The van der Waals surface area contributed by atoms with Gasteiger partial charge in [0, 0.05) is 31.4 Å². The van der Waals surface area contributed by atoms with Gasteiger partial charge in [-0.15, -0.1) is 0 Å². The third-order valence-corrected chi connectivity index (χ3v) is 4.76. The Hall–Kier alpha value is -2.14. The molecule has 2 aliphatic heterocycles. The second-order valence-electron chi connectivity index (χ2n) is 6.31. The zero-order chi connectivity index (χ0) is 15.6. The van der Waals surface area contributed by atoms with Crippen molar-refractivity contribution in [3.05, 3.63) is 53.6 Å². The minimum Gasteiger partial charge on any atom is -0.373 e. The van der Waals surface area contributed by atoms with Gasteiger partial charge in [-0.05, 0) is 24.0 Å². The highest BCUT2D eigenvalue weighted by atomic mass is 16.5. The molecule has 1 N–H and O–H groups in total. The third kappa shape index (κ3) is 3.01. The van der Waals surface area contributed by atoms with Crippen molar-refractivity contribution in [3.63, 3.8) is 0 Å². The van der Waals surface area contributed by atoms with E-state index in [1.807, 2.05) is 24.5 Å². The van der Waals surface area contributed by atoms with Crippen molar-refractivity contribution in [2.24, 2.45) is 0 Å². The lowest BCUT2D eigenvalue weighted by Crippen LogP contribution is -2.41. The van der Waals surface area contributed by atoms with Gasteiger partial charge in [-0.1, -0.05) is 24.3 Å². The highest BCUT2D eigenvalue weighted by Gasteiger charge is 2.25. The van der Waals surface area contributed by atoms with Crippen LogP contribution in [0.1, 0.15) is 35.9 Å². The van der Waals surface area contributed by atoms with Crippen molar-refractivity contribution in [1.29, 1.82) is 0 Å². The van der Waals surface area contributed by atoms with Gasteiger partial charge >= 0.3 is 0 Å². The lowest BCUT2D eigenvalue weighted by Gasteiger charge is -2.28. The molecule has 2 aliphatic rings. The van der Waals surface area contributed by atoms with Gasteiger partial charge in [0.1, 0.15) is 5.82 Å². The number of nitrogens with one attached hydrogen (secondary N) is 1. The number of benzene rings is 1. The Bertz CT molecular complexity index is 710. The number of carbonyl (C=O) groups excluding carboxylic acids is 1. The molecule has 1 aromatic heterocycles. The maximum absolute atomic E-state index is 12.4. The minimum absolute atomic E-state index is 0.0697. The summed E-state index contributed by atoms with van der Waals surface area (Å²) in [7, 11) is 0. The molecule has 0 aliphatic carbocycles. The molecule has 0 bridgehead atoms. The van der Waals surface area contributed by atoms with Gasteiger partial charge in [0.2, 0.25) is 5.91 Å².